The molecule has 0 aromatic heterocycles. The molecule has 0 spiro atoms. The number of aliphatic hydroxyl groups is 1. The van der Waals surface area contributed by atoms with Gasteiger partial charge in [-0.3, -0.25) is 4.99 Å². The third-order valence-electron chi connectivity index (χ3n) is 5.74. The van der Waals surface area contributed by atoms with Gasteiger partial charge in [0.2, 0.25) is 0 Å². The highest BCUT2D eigenvalue weighted by atomic mass is 16.5. The average Bonchev–Trinajstić information content (AvgIpc) is 3.26. The molecule has 7 heteroatoms. The van der Waals surface area contributed by atoms with Gasteiger partial charge in [-0.25, -0.2) is 0 Å². The van der Waals surface area contributed by atoms with Crippen LogP contribution in [0.4, 0.5) is 0 Å². The molecule has 0 amide bonds. The number of rotatable bonds is 8. The molecule has 7 nitrogen and oxygen atoms in total. The topological polar surface area (TPSA) is 78.4 Å². The van der Waals surface area contributed by atoms with E-state index >= 15 is 0 Å². The normalized spacial score (nSPS) is 22.4. The van der Waals surface area contributed by atoms with Gasteiger partial charge in [-0.15, -0.1) is 0 Å². The van der Waals surface area contributed by atoms with Crippen LogP contribution in [0.2, 0.25) is 0 Å². The van der Waals surface area contributed by atoms with E-state index in [0.717, 1.165) is 69.5 Å². The van der Waals surface area contributed by atoms with Crippen molar-refractivity contribution in [3.8, 4) is 5.75 Å². The number of methoxy groups -OCH3 is 1. The first kappa shape index (κ1) is 21.9. The monoisotopic (exact) mass is 404 g/mol. The first-order valence-corrected chi connectivity index (χ1v) is 10.8. The Hall–Kier alpha value is -1.83. The second kappa shape index (κ2) is 11.4. The summed E-state index contributed by atoms with van der Waals surface area (Å²) < 4.78 is 10.7. The number of aliphatic hydroxyl groups excluding tert-OH is 1. The van der Waals surface area contributed by atoms with Crippen LogP contribution in [-0.2, 0) is 4.74 Å². The average molecular weight is 405 g/mol. The fourth-order valence-electron chi connectivity index (χ4n) is 3.97. The van der Waals surface area contributed by atoms with Crippen LogP contribution in [-0.4, -0.2) is 75.1 Å². The molecule has 2 aliphatic rings. The van der Waals surface area contributed by atoms with Gasteiger partial charge in [0.05, 0.1) is 26.4 Å². The van der Waals surface area contributed by atoms with Crippen molar-refractivity contribution < 1.29 is 14.6 Å². The number of hydrogen-bond acceptors (Lipinski definition) is 5. The van der Waals surface area contributed by atoms with E-state index in [1.54, 1.807) is 7.11 Å². The van der Waals surface area contributed by atoms with Crippen molar-refractivity contribution in [2.75, 3.05) is 53.0 Å². The number of guanidine groups is 1. The number of nitrogens with one attached hydrogen (secondary N) is 2. The number of piperidine rings is 1. The largest absolute Gasteiger partial charge is 0.497 e. The lowest BCUT2D eigenvalue weighted by molar-refractivity contribution is 0.150. The minimum absolute atomic E-state index is 0.322. The first-order chi connectivity index (χ1) is 14.2. The van der Waals surface area contributed by atoms with Crippen molar-refractivity contribution >= 4 is 5.96 Å². The molecular formula is C22H36N4O3. The molecule has 2 unspecified atom stereocenters. The van der Waals surface area contributed by atoms with Crippen molar-refractivity contribution in [1.29, 1.82) is 0 Å². The Kier molecular flexibility index (Phi) is 8.58. The summed E-state index contributed by atoms with van der Waals surface area (Å²) in [4.78, 5) is 7.18. The van der Waals surface area contributed by atoms with Crippen molar-refractivity contribution in [1.82, 2.24) is 15.5 Å². The van der Waals surface area contributed by atoms with Crippen molar-refractivity contribution in [3.63, 3.8) is 0 Å². The highest BCUT2D eigenvalue weighted by Gasteiger charge is 2.24. The number of benzene rings is 1. The summed E-state index contributed by atoms with van der Waals surface area (Å²) in [7, 11) is 1.64. The van der Waals surface area contributed by atoms with E-state index in [1.807, 2.05) is 24.3 Å². The number of nitrogens with zero attached hydrogens (tertiary/aromatic N) is 2. The van der Waals surface area contributed by atoms with Gasteiger partial charge in [0.15, 0.2) is 5.96 Å². The van der Waals surface area contributed by atoms with E-state index in [2.05, 4.69) is 27.4 Å². The molecule has 0 aliphatic carbocycles. The van der Waals surface area contributed by atoms with Crippen LogP contribution in [0.15, 0.2) is 29.3 Å². The van der Waals surface area contributed by atoms with E-state index in [-0.39, 0.29) is 0 Å². The predicted octanol–water partition coefficient (Wildman–Crippen LogP) is 1.78. The molecule has 0 saturated carbocycles. The molecule has 162 valence electrons. The molecule has 3 rings (SSSR count). The zero-order valence-electron chi connectivity index (χ0n) is 17.8. The molecule has 1 aromatic carbocycles. The lowest BCUT2D eigenvalue weighted by Crippen LogP contribution is -2.49. The number of hydrogen-bond donors (Lipinski definition) is 3. The maximum absolute atomic E-state index is 10.5. The van der Waals surface area contributed by atoms with Crippen molar-refractivity contribution in [2.24, 2.45) is 10.9 Å². The predicted molar refractivity (Wildman–Crippen MR) is 115 cm³/mol. The lowest BCUT2D eigenvalue weighted by atomic mass is 10.0. The Morgan fingerprint density at radius 2 is 2.03 bits per heavy atom. The highest BCUT2D eigenvalue weighted by Crippen LogP contribution is 2.19. The molecule has 0 radical (unpaired) electrons. The van der Waals surface area contributed by atoms with E-state index in [9.17, 15) is 5.11 Å². The minimum atomic E-state index is -0.633. The fourth-order valence-corrected chi connectivity index (χ4v) is 3.97. The molecule has 1 aromatic rings. The third-order valence-corrected chi connectivity index (χ3v) is 5.74. The highest BCUT2D eigenvalue weighted by molar-refractivity contribution is 5.80. The van der Waals surface area contributed by atoms with Gasteiger partial charge in [-0.05, 0) is 49.8 Å². The molecule has 2 heterocycles. The quantitative estimate of drug-likeness (QED) is 0.453. The zero-order valence-corrected chi connectivity index (χ0v) is 17.8. The summed E-state index contributed by atoms with van der Waals surface area (Å²) in [6.45, 7) is 8.41. The van der Waals surface area contributed by atoms with Gasteiger partial charge in [0, 0.05) is 38.8 Å². The Morgan fingerprint density at radius 1 is 1.28 bits per heavy atom. The van der Waals surface area contributed by atoms with Gasteiger partial charge in [0.1, 0.15) is 5.75 Å². The maximum Gasteiger partial charge on any atom is 0.191 e. The van der Waals surface area contributed by atoms with Gasteiger partial charge in [-0.2, -0.15) is 0 Å². The zero-order chi connectivity index (χ0) is 20.5. The second-order valence-electron chi connectivity index (χ2n) is 7.96. The number of aliphatic imine (C=N–C) groups is 1. The fraction of sp³-hybridized carbons (Fsp3) is 0.682. The first-order valence-electron chi connectivity index (χ1n) is 10.8. The smallest absolute Gasteiger partial charge is 0.191 e. The summed E-state index contributed by atoms with van der Waals surface area (Å²) in [6.07, 6.45) is 2.79. The van der Waals surface area contributed by atoms with Crippen LogP contribution in [0.25, 0.3) is 0 Å². The minimum Gasteiger partial charge on any atom is -0.497 e. The Balaban J connectivity index is 1.46. The molecule has 3 N–H and O–H groups in total. The maximum atomic E-state index is 10.5. The van der Waals surface area contributed by atoms with Crippen LogP contribution >= 0.6 is 0 Å². The van der Waals surface area contributed by atoms with E-state index in [4.69, 9.17) is 9.47 Å². The van der Waals surface area contributed by atoms with E-state index in [0.29, 0.717) is 18.5 Å². The summed E-state index contributed by atoms with van der Waals surface area (Å²) in [6, 6.07) is 7.89. The standard InChI is InChI=1S/C22H36N4O3/c1-3-23-22(24-14-21(27)18-4-6-20(28-2)7-5-18)25-19-8-11-26(12-9-19)15-17-10-13-29-16-17/h4-7,17,19,21,27H,3,8-16H2,1-2H3,(H2,23,24,25). The molecule has 2 saturated heterocycles. The molecule has 0 bridgehead atoms. The number of likely N-dealkylation sites (tertiary alicyclic amines) is 1. The molecule has 2 aliphatic heterocycles. The lowest BCUT2D eigenvalue weighted by Gasteiger charge is -2.34. The van der Waals surface area contributed by atoms with Crippen LogP contribution in [0, 0.1) is 5.92 Å². The van der Waals surface area contributed by atoms with Gasteiger partial charge in [0.25, 0.3) is 0 Å². The summed E-state index contributed by atoms with van der Waals surface area (Å²) in [5, 5.41) is 17.3. The third kappa shape index (κ3) is 6.87. The second-order valence-corrected chi connectivity index (χ2v) is 7.96. The van der Waals surface area contributed by atoms with Crippen LogP contribution < -0.4 is 15.4 Å². The van der Waals surface area contributed by atoms with Gasteiger partial charge < -0.3 is 30.1 Å². The Labute approximate surface area is 174 Å². The van der Waals surface area contributed by atoms with Crippen LogP contribution in [0.5, 0.6) is 5.75 Å². The SMILES string of the molecule is CCNC(=NCC(O)c1ccc(OC)cc1)NC1CCN(CC2CCOC2)CC1. The molecule has 29 heavy (non-hydrogen) atoms. The molecular weight excluding hydrogens is 368 g/mol. The van der Waals surface area contributed by atoms with Crippen molar-refractivity contribution in [3.05, 3.63) is 29.8 Å². The van der Waals surface area contributed by atoms with Gasteiger partial charge in [-0.1, -0.05) is 12.1 Å². The van der Waals surface area contributed by atoms with Crippen molar-refractivity contribution in [2.45, 2.75) is 38.3 Å². The summed E-state index contributed by atoms with van der Waals surface area (Å²) in [5.41, 5.74) is 0.842. The van der Waals surface area contributed by atoms with E-state index < -0.39 is 6.10 Å². The van der Waals surface area contributed by atoms with Crippen LogP contribution in [0.3, 0.4) is 0 Å². The molecule has 2 atom stereocenters. The number of ether oxygens (including phenoxy) is 2. The Bertz CT molecular complexity index is 623. The van der Waals surface area contributed by atoms with Crippen LogP contribution in [0.1, 0.15) is 37.9 Å². The summed E-state index contributed by atoms with van der Waals surface area (Å²) >= 11 is 0. The van der Waals surface area contributed by atoms with E-state index in [1.165, 1.54) is 6.42 Å². The van der Waals surface area contributed by atoms with Gasteiger partial charge >= 0.3 is 0 Å². The molecule has 2 fully saturated rings. The Morgan fingerprint density at radius 3 is 2.66 bits per heavy atom. The summed E-state index contributed by atoms with van der Waals surface area (Å²) in [5.74, 6) is 2.27.